The predicted octanol–water partition coefficient (Wildman–Crippen LogP) is 3.34. The van der Waals surface area contributed by atoms with Gasteiger partial charge in [0.05, 0.1) is 22.2 Å². The average Bonchev–Trinajstić information content (AvgIpc) is 2.27. The van der Waals surface area contributed by atoms with Gasteiger partial charge in [0.1, 0.15) is 6.07 Å². The Balaban J connectivity index is 3.07. The van der Waals surface area contributed by atoms with Crippen LogP contribution in [0, 0.1) is 22.7 Å². The van der Waals surface area contributed by atoms with E-state index in [1.165, 1.54) is 6.21 Å². The lowest BCUT2D eigenvalue weighted by Gasteiger charge is -1.99. The summed E-state index contributed by atoms with van der Waals surface area (Å²) in [6.07, 6.45) is 2.40. The standard InChI is InChI=1S/C11H5Cl2N3/c12-10-2-1-3-11(13)9(10)7-16-8(6-15)4-5-14/h1-4,7H. The van der Waals surface area contributed by atoms with E-state index >= 15 is 0 Å². The van der Waals surface area contributed by atoms with Crippen molar-refractivity contribution in [3.63, 3.8) is 0 Å². The second kappa shape index (κ2) is 5.92. The lowest BCUT2D eigenvalue weighted by molar-refractivity contribution is 1.38. The van der Waals surface area contributed by atoms with Crippen LogP contribution >= 0.6 is 23.2 Å². The lowest BCUT2D eigenvalue weighted by Crippen LogP contribution is -1.85. The van der Waals surface area contributed by atoms with E-state index in [0.29, 0.717) is 15.6 Å². The second-order valence-corrected chi connectivity index (χ2v) is 3.48. The number of allylic oxidation sites excluding steroid dienone is 2. The van der Waals surface area contributed by atoms with E-state index in [1.807, 2.05) is 0 Å². The third kappa shape index (κ3) is 3.10. The summed E-state index contributed by atoms with van der Waals surface area (Å²) in [5.41, 5.74) is 0.517. The van der Waals surface area contributed by atoms with Gasteiger partial charge < -0.3 is 0 Å². The fraction of sp³-hybridized carbons (Fsp3) is 0. The molecule has 0 aliphatic rings. The van der Waals surface area contributed by atoms with Crippen LogP contribution in [0.4, 0.5) is 0 Å². The largest absolute Gasteiger partial charge is 0.244 e. The topological polar surface area (TPSA) is 59.9 Å². The van der Waals surface area contributed by atoms with Crippen molar-refractivity contribution in [1.29, 1.82) is 10.5 Å². The van der Waals surface area contributed by atoms with Gasteiger partial charge in [0.25, 0.3) is 0 Å². The fourth-order valence-electron chi connectivity index (χ4n) is 0.928. The maximum absolute atomic E-state index is 8.62. The number of nitrogens with zero attached hydrogens (tertiary/aromatic N) is 3. The van der Waals surface area contributed by atoms with Gasteiger partial charge in [-0.15, -0.1) is 0 Å². The Labute approximate surface area is 103 Å². The summed E-state index contributed by atoms with van der Waals surface area (Å²) in [4.78, 5) is 3.81. The number of nitriles is 2. The molecule has 0 radical (unpaired) electrons. The maximum atomic E-state index is 8.62. The molecule has 0 aliphatic heterocycles. The normalized spacial score (nSPS) is 11.1. The van der Waals surface area contributed by atoms with Crippen LogP contribution < -0.4 is 0 Å². The summed E-state index contributed by atoms with van der Waals surface area (Å²) in [5, 5.41) is 17.9. The van der Waals surface area contributed by atoms with Crippen molar-refractivity contribution in [2.75, 3.05) is 0 Å². The minimum absolute atomic E-state index is 0.00140. The van der Waals surface area contributed by atoms with Gasteiger partial charge in [0, 0.05) is 11.8 Å². The summed E-state index contributed by atoms with van der Waals surface area (Å²) in [5.74, 6) is 0. The Morgan fingerprint density at radius 2 is 1.88 bits per heavy atom. The van der Waals surface area contributed by atoms with Gasteiger partial charge in [0.2, 0.25) is 0 Å². The van der Waals surface area contributed by atoms with Crippen LogP contribution in [0.5, 0.6) is 0 Å². The van der Waals surface area contributed by atoms with Crippen molar-refractivity contribution in [2.24, 2.45) is 4.99 Å². The molecule has 78 valence electrons. The molecule has 5 heteroatoms. The highest BCUT2D eigenvalue weighted by Gasteiger charge is 2.02. The molecule has 0 amide bonds. The van der Waals surface area contributed by atoms with Gasteiger partial charge in [-0.3, -0.25) is 0 Å². The predicted molar refractivity (Wildman–Crippen MR) is 63.4 cm³/mol. The molecule has 1 rings (SSSR count). The third-order valence-corrected chi connectivity index (χ3v) is 2.31. The third-order valence-electron chi connectivity index (χ3n) is 1.65. The molecule has 1 aromatic rings. The van der Waals surface area contributed by atoms with E-state index < -0.39 is 0 Å². The van der Waals surface area contributed by atoms with Crippen molar-refractivity contribution in [3.05, 3.63) is 45.6 Å². The van der Waals surface area contributed by atoms with Crippen molar-refractivity contribution in [3.8, 4) is 12.1 Å². The summed E-state index contributed by atoms with van der Waals surface area (Å²) in [6, 6.07) is 8.52. The molecule has 1 aromatic carbocycles. The first-order valence-corrected chi connectivity index (χ1v) is 4.92. The molecule has 0 N–H and O–H groups in total. The Hall–Kier alpha value is -1.81. The molecular formula is C11H5Cl2N3. The number of hydrogen-bond donors (Lipinski definition) is 0. The van der Waals surface area contributed by atoms with Crippen LogP contribution in [-0.4, -0.2) is 6.21 Å². The number of benzene rings is 1. The molecule has 0 aromatic heterocycles. The summed E-state index contributed by atoms with van der Waals surface area (Å²) in [6.45, 7) is 0. The number of halogens is 2. The van der Waals surface area contributed by atoms with Gasteiger partial charge in [-0.1, -0.05) is 29.3 Å². The van der Waals surface area contributed by atoms with Crippen molar-refractivity contribution < 1.29 is 0 Å². The minimum Gasteiger partial charge on any atom is -0.244 e. The molecule has 16 heavy (non-hydrogen) atoms. The van der Waals surface area contributed by atoms with Gasteiger partial charge in [-0.2, -0.15) is 10.5 Å². The molecule has 0 aliphatic carbocycles. The van der Waals surface area contributed by atoms with Crippen molar-refractivity contribution in [2.45, 2.75) is 0 Å². The smallest absolute Gasteiger partial charge is 0.150 e. The van der Waals surface area contributed by atoms with Crippen LogP contribution in [0.3, 0.4) is 0 Å². The van der Waals surface area contributed by atoms with Crippen LogP contribution in [-0.2, 0) is 0 Å². The molecule has 0 bridgehead atoms. The van der Waals surface area contributed by atoms with Crippen LogP contribution in [0.25, 0.3) is 0 Å². The Bertz CT molecular complexity index is 513. The highest BCUT2D eigenvalue weighted by atomic mass is 35.5. The van der Waals surface area contributed by atoms with Crippen LogP contribution in [0.2, 0.25) is 10.0 Å². The Morgan fingerprint density at radius 1 is 1.25 bits per heavy atom. The van der Waals surface area contributed by atoms with Gasteiger partial charge in [0.15, 0.2) is 5.70 Å². The number of hydrogen-bond acceptors (Lipinski definition) is 3. The zero-order valence-corrected chi connectivity index (χ0v) is 9.50. The maximum Gasteiger partial charge on any atom is 0.150 e. The molecule has 0 heterocycles. The molecule has 0 atom stereocenters. The minimum atomic E-state index is -0.00140. The Morgan fingerprint density at radius 3 is 2.38 bits per heavy atom. The molecule has 0 unspecified atom stereocenters. The fourth-order valence-corrected chi connectivity index (χ4v) is 1.42. The summed E-state index contributed by atoms with van der Waals surface area (Å²) < 4.78 is 0. The zero-order valence-electron chi connectivity index (χ0n) is 7.98. The average molecular weight is 250 g/mol. The summed E-state index contributed by atoms with van der Waals surface area (Å²) in [7, 11) is 0. The molecule has 3 nitrogen and oxygen atoms in total. The van der Waals surface area contributed by atoms with Crippen LogP contribution in [0.1, 0.15) is 5.56 Å². The lowest BCUT2D eigenvalue weighted by atomic mass is 10.2. The SMILES string of the molecule is N#CC=C(C#N)N=Cc1c(Cl)cccc1Cl. The molecule has 0 saturated carbocycles. The molecule has 0 spiro atoms. The van der Waals surface area contributed by atoms with E-state index in [2.05, 4.69) is 4.99 Å². The second-order valence-electron chi connectivity index (χ2n) is 2.66. The number of rotatable bonds is 2. The van der Waals surface area contributed by atoms with E-state index in [4.69, 9.17) is 33.7 Å². The Kier molecular flexibility index (Phi) is 4.54. The van der Waals surface area contributed by atoms with E-state index in [0.717, 1.165) is 6.08 Å². The first-order chi connectivity index (χ1) is 7.69. The highest BCUT2D eigenvalue weighted by Crippen LogP contribution is 2.22. The van der Waals surface area contributed by atoms with Gasteiger partial charge >= 0.3 is 0 Å². The monoisotopic (exact) mass is 249 g/mol. The summed E-state index contributed by atoms with van der Waals surface area (Å²) >= 11 is 11.8. The van der Waals surface area contributed by atoms with Gasteiger partial charge in [-0.05, 0) is 12.1 Å². The first-order valence-electron chi connectivity index (χ1n) is 4.17. The van der Waals surface area contributed by atoms with Crippen LogP contribution in [0.15, 0.2) is 35.0 Å². The van der Waals surface area contributed by atoms with Crippen molar-refractivity contribution in [1.82, 2.24) is 0 Å². The zero-order chi connectivity index (χ0) is 12.0. The van der Waals surface area contributed by atoms with E-state index in [9.17, 15) is 0 Å². The molecule has 0 fully saturated rings. The quantitative estimate of drug-likeness (QED) is 0.596. The highest BCUT2D eigenvalue weighted by molar-refractivity contribution is 6.38. The van der Waals surface area contributed by atoms with Gasteiger partial charge in [-0.25, -0.2) is 4.99 Å². The number of aliphatic imine (C=N–C) groups is 1. The van der Waals surface area contributed by atoms with E-state index in [1.54, 1.807) is 30.3 Å². The first kappa shape index (κ1) is 12.3. The van der Waals surface area contributed by atoms with Crippen molar-refractivity contribution >= 4 is 29.4 Å². The van der Waals surface area contributed by atoms with E-state index in [-0.39, 0.29) is 5.70 Å². The molecular weight excluding hydrogens is 245 g/mol. The molecule has 0 saturated heterocycles.